The van der Waals surface area contributed by atoms with E-state index in [4.69, 9.17) is 13.6 Å². The van der Waals surface area contributed by atoms with Crippen molar-refractivity contribution in [3.63, 3.8) is 0 Å². The predicted molar refractivity (Wildman–Crippen MR) is 131 cm³/mol. The number of unbranched alkanes of at least 4 members (excludes halogenated alkanes) is 14. The molecule has 0 spiro atoms. The fraction of sp³-hybridized carbons (Fsp3) is 0.769. The Labute approximate surface area is 188 Å². The molecule has 3 nitrogen and oxygen atoms in total. The predicted octanol–water partition coefficient (Wildman–Crippen LogP) is 9.61. The first-order chi connectivity index (χ1) is 14.9. The normalized spacial score (nSPS) is 11.3. The summed E-state index contributed by atoms with van der Waals surface area (Å²) in [6, 6.07) is 9.90. The molecule has 0 aromatic heterocycles. The van der Waals surface area contributed by atoms with Crippen LogP contribution in [0.4, 0.5) is 0 Å². The molecule has 0 N–H and O–H groups in total. The van der Waals surface area contributed by atoms with Crippen molar-refractivity contribution in [1.82, 2.24) is 0 Å². The maximum atomic E-state index is 5.98. The second kappa shape index (κ2) is 21.6. The number of hydrogen-bond acceptors (Lipinski definition) is 3. The van der Waals surface area contributed by atoms with Crippen molar-refractivity contribution < 1.29 is 13.6 Å². The van der Waals surface area contributed by atoms with Gasteiger partial charge >= 0.3 is 8.60 Å². The first-order valence-electron chi connectivity index (χ1n) is 12.7. The number of benzene rings is 1. The van der Waals surface area contributed by atoms with Gasteiger partial charge in [0.2, 0.25) is 0 Å². The molecule has 0 unspecified atom stereocenters. The summed E-state index contributed by atoms with van der Waals surface area (Å²) < 4.78 is 17.9. The third-order valence-corrected chi connectivity index (χ3v) is 6.46. The SMILES string of the molecule is CCCCCCCCCCOP(OCCCCCCCCCC)Oc1ccccc1. The minimum Gasteiger partial charge on any atom is -0.427 e. The van der Waals surface area contributed by atoms with Crippen LogP contribution < -0.4 is 4.52 Å². The second-order valence-corrected chi connectivity index (χ2v) is 9.39. The third-order valence-electron chi connectivity index (χ3n) is 5.31. The van der Waals surface area contributed by atoms with Crippen molar-refractivity contribution in [2.75, 3.05) is 13.2 Å². The molecule has 0 aliphatic rings. The molecule has 174 valence electrons. The molecule has 0 saturated carbocycles. The van der Waals surface area contributed by atoms with Crippen LogP contribution in [0.2, 0.25) is 0 Å². The quantitative estimate of drug-likeness (QED) is 0.133. The Bertz CT molecular complexity index is 433. The van der Waals surface area contributed by atoms with Crippen LogP contribution in [0, 0.1) is 0 Å². The summed E-state index contributed by atoms with van der Waals surface area (Å²) >= 11 is 0. The van der Waals surface area contributed by atoms with E-state index in [-0.39, 0.29) is 0 Å². The van der Waals surface area contributed by atoms with Gasteiger partial charge in [0.15, 0.2) is 0 Å². The van der Waals surface area contributed by atoms with Gasteiger partial charge in [0.25, 0.3) is 0 Å². The van der Waals surface area contributed by atoms with Gasteiger partial charge in [-0.15, -0.1) is 0 Å². The second-order valence-electron chi connectivity index (χ2n) is 8.24. The Hall–Kier alpha value is -0.630. The van der Waals surface area contributed by atoms with Crippen LogP contribution in [0.5, 0.6) is 5.75 Å². The summed E-state index contributed by atoms with van der Waals surface area (Å²) in [5, 5.41) is 0. The van der Waals surface area contributed by atoms with Gasteiger partial charge in [-0.1, -0.05) is 122 Å². The molecule has 1 aromatic rings. The van der Waals surface area contributed by atoms with E-state index in [1.807, 2.05) is 30.3 Å². The Morgan fingerprint density at radius 2 is 0.933 bits per heavy atom. The standard InChI is InChI=1S/C26H47O3P/c1-3-5-7-9-11-13-15-20-24-27-30(29-26-22-18-17-19-23-26)28-25-21-16-14-12-10-8-6-4-2/h17-19,22-23H,3-16,20-21,24-25H2,1-2H3. The number of rotatable bonds is 22. The number of hydrogen-bond donors (Lipinski definition) is 0. The highest BCUT2D eigenvalue weighted by Gasteiger charge is 2.14. The topological polar surface area (TPSA) is 27.7 Å². The zero-order valence-electron chi connectivity index (χ0n) is 19.8. The van der Waals surface area contributed by atoms with Crippen molar-refractivity contribution >= 4 is 8.60 Å². The van der Waals surface area contributed by atoms with Crippen molar-refractivity contribution in [1.29, 1.82) is 0 Å². The Balaban J connectivity index is 2.14. The van der Waals surface area contributed by atoms with Crippen LogP contribution in [0.15, 0.2) is 30.3 Å². The molecule has 0 amide bonds. The third kappa shape index (κ3) is 17.1. The van der Waals surface area contributed by atoms with Gasteiger partial charge in [0.05, 0.1) is 13.2 Å². The molecule has 0 saturated heterocycles. The lowest BCUT2D eigenvalue weighted by molar-refractivity contribution is 0.198. The maximum Gasteiger partial charge on any atom is 0.397 e. The Kier molecular flexibility index (Phi) is 19.7. The molecule has 30 heavy (non-hydrogen) atoms. The zero-order valence-corrected chi connectivity index (χ0v) is 20.7. The van der Waals surface area contributed by atoms with Crippen molar-refractivity contribution in [2.45, 2.75) is 117 Å². The lowest BCUT2D eigenvalue weighted by Crippen LogP contribution is -2.01. The van der Waals surface area contributed by atoms with Crippen LogP contribution in [0.1, 0.15) is 117 Å². The van der Waals surface area contributed by atoms with Gasteiger partial charge in [-0.25, -0.2) is 0 Å². The Morgan fingerprint density at radius 3 is 1.37 bits per heavy atom. The van der Waals surface area contributed by atoms with Crippen LogP contribution >= 0.6 is 8.60 Å². The summed E-state index contributed by atoms with van der Waals surface area (Å²) in [6.07, 6.45) is 20.9. The van der Waals surface area contributed by atoms with Crippen molar-refractivity contribution in [3.05, 3.63) is 30.3 Å². The highest BCUT2D eigenvalue weighted by Crippen LogP contribution is 2.41. The highest BCUT2D eigenvalue weighted by molar-refractivity contribution is 7.42. The van der Waals surface area contributed by atoms with Gasteiger partial charge in [-0.2, -0.15) is 0 Å². The van der Waals surface area contributed by atoms with Gasteiger partial charge in [0.1, 0.15) is 5.75 Å². The molecule has 0 atom stereocenters. The van der Waals surface area contributed by atoms with E-state index in [0.29, 0.717) is 0 Å². The average Bonchev–Trinajstić information content (AvgIpc) is 2.77. The molecular formula is C26H47O3P. The molecular weight excluding hydrogens is 391 g/mol. The molecule has 0 aliphatic heterocycles. The van der Waals surface area contributed by atoms with E-state index < -0.39 is 8.60 Å². The zero-order chi connectivity index (χ0) is 21.5. The van der Waals surface area contributed by atoms with Crippen LogP contribution in [0.3, 0.4) is 0 Å². The van der Waals surface area contributed by atoms with E-state index in [1.165, 1.54) is 89.9 Å². The summed E-state index contributed by atoms with van der Waals surface area (Å²) in [5.74, 6) is 0.829. The van der Waals surface area contributed by atoms with Crippen molar-refractivity contribution in [3.8, 4) is 5.75 Å². The highest BCUT2D eigenvalue weighted by atomic mass is 31.2. The summed E-state index contributed by atoms with van der Waals surface area (Å²) in [6.45, 7) is 5.99. The molecule has 0 fully saturated rings. The van der Waals surface area contributed by atoms with Gasteiger partial charge in [0, 0.05) is 0 Å². The minimum absolute atomic E-state index is 0.727. The van der Waals surface area contributed by atoms with E-state index >= 15 is 0 Å². The lowest BCUT2D eigenvalue weighted by atomic mass is 10.1. The van der Waals surface area contributed by atoms with Gasteiger partial charge < -0.3 is 13.6 Å². The van der Waals surface area contributed by atoms with E-state index in [0.717, 1.165) is 31.8 Å². The first-order valence-corrected chi connectivity index (χ1v) is 13.7. The first kappa shape index (κ1) is 27.4. The minimum atomic E-state index is -1.30. The molecule has 1 aromatic carbocycles. The molecule has 0 heterocycles. The molecule has 4 heteroatoms. The lowest BCUT2D eigenvalue weighted by Gasteiger charge is -2.17. The Morgan fingerprint density at radius 1 is 0.533 bits per heavy atom. The fourth-order valence-electron chi connectivity index (χ4n) is 3.41. The van der Waals surface area contributed by atoms with E-state index in [1.54, 1.807) is 0 Å². The molecule has 0 bridgehead atoms. The van der Waals surface area contributed by atoms with Gasteiger partial charge in [-0.05, 0) is 25.0 Å². The molecule has 1 rings (SSSR count). The summed E-state index contributed by atoms with van der Waals surface area (Å²) in [4.78, 5) is 0. The smallest absolute Gasteiger partial charge is 0.397 e. The summed E-state index contributed by atoms with van der Waals surface area (Å²) in [7, 11) is -1.30. The van der Waals surface area contributed by atoms with Crippen LogP contribution in [-0.2, 0) is 9.05 Å². The monoisotopic (exact) mass is 438 g/mol. The maximum absolute atomic E-state index is 5.98. The summed E-state index contributed by atoms with van der Waals surface area (Å²) in [5.41, 5.74) is 0. The van der Waals surface area contributed by atoms with Gasteiger partial charge in [-0.3, -0.25) is 0 Å². The fourth-order valence-corrected chi connectivity index (χ4v) is 4.44. The number of para-hydroxylation sites is 1. The average molecular weight is 439 g/mol. The van der Waals surface area contributed by atoms with Crippen LogP contribution in [0.25, 0.3) is 0 Å². The van der Waals surface area contributed by atoms with E-state index in [2.05, 4.69) is 13.8 Å². The largest absolute Gasteiger partial charge is 0.427 e. The molecule has 0 aliphatic carbocycles. The van der Waals surface area contributed by atoms with Crippen molar-refractivity contribution in [2.24, 2.45) is 0 Å². The van der Waals surface area contributed by atoms with E-state index in [9.17, 15) is 0 Å². The molecule has 0 radical (unpaired) electrons. The van der Waals surface area contributed by atoms with Crippen LogP contribution in [-0.4, -0.2) is 13.2 Å².